The molecule has 150 valence electrons. The van der Waals surface area contributed by atoms with Gasteiger partial charge in [0.2, 0.25) is 0 Å². The van der Waals surface area contributed by atoms with Crippen LogP contribution < -0.4 is 5.73 Å². The predicted molar refractivity (Wildman–Crippen MR) is 118 cm³/mol. The molecule has 1 aromatic heterocycles. The molecule has 0 amide bonds. The van der Waals surface area contributed by atoms with E-state index in [0.717, 1.165) is 62.2 Å². The normalized spacial score (nSPS) is 12.7. The Morgan fingerprint density at radius 3 is 2.33 bits per heavy atom. The van der Waals surface area contributed by atoms with Crippen LogP contribution in [0.1, 0.15) is 62.8 Å². The van der Waals surface area contributed by atoms with Gasteiger partial charge in [-0.3, -0.25) is 0 Å². The molecule has 0 saturated heterocycles. The largest absolute Gasteiger partial charge is 0.400 e. The predicted octanol–water partition coefficient (Wildman–Crippen LogP) is 5.55. The van der Waals surface area contributed by atoms with Gasteiger partial charge in [-0.1, -0.05) is 50.4 Å². The molecule has 0 bridgehead atoms. The van der Waals surface area contributed by atoms with Crippen LogP contribution in [0.3, 0.4) is 0 Å². The van der Waals surface area contributed by atoms with E-state index in [4.69, 9.17) is 26.7 Å². The van der Waals surface area contributed by atoms with E-state index in [1.165, 1.54) is 5.56 Å². The Morgan fingerprint density at radius 1 is 1.11 bits per heavy atom. The van der Waals surface area contributed by atoms with Gasteiger partial charge in [0.15, 0.2) is 14.2 Å². The molecule has 0 aliphatic carbocycles. The van der Waals surface area contributed by atoms with Crippen molar-refractivity contribution in [1.82, 2.24) is 9.55 Å². The smallest absolute Gasteiger partial charge is 0.173 e. The van der Waals surface area contributed by atoms with Crippen LogP contribution in [-0.4, -0.2) is 18.6 Å². The topological polar surface area (TPSA) is 53.1 Å². The van der Waals surface area contributed by atoms with E-state index in [2.05, 4.69) is 43.6 Å². The number of anilines is 1. The van der Waals surface area contributed by atoms with E-state index < -0.39 is 9.04 Å². The van der Waals surface area contributed by atoms with E-state index in [1.54, 1.807) is 0 Å². The third kappa shape index (κ3) is 6.37. The number of unbranched alkanes of at least 4 members (excludes halogenated alkanes) is 2. The summed E-state index contributed by atoms with van der Waals surface area (Å²) in [4.78, 5) is 4.73. The molecule has 1 aromatic carbocycles. The molecule has 0 fully saturated rings. The number of aryl methyl sites for hydroxylation is 1. The Kier molecular flexibility index (Phi) is 8.86. The highest BCUT2D eigenvalue weighted by atomic mass is 35.5. The zero-order chi connectivity index (χ0) is 19.8. The van der Waals surface area contributed by atoms with Gasteiger partial charge in [0, 0.05) is 18.5 Å². The standard InChI is InChI=1S/C21H34ClN3OSi/c1-5-7-9-18-21(22)24-19(10-8-6-2)25(18)20(26-27(3)4)15-16-11-13-17(23)14-12-16/h11-14,20,27H,5-10,15,23H2,1-4H3. The SMILES string of the molecule is CCCCc1nc(Cl)c(CCCC)n1C(Cc1ccc(N)cc1)O[SiH](C)C. The lowest BCUT2D eigenvalue weighted by molar-refractivity contribution is 0.126. The van der Waals surface area contributed by atoms with Crippen LogP contribution in [-0.2, 0) is 23.7 Å². The number of imidazole rings is 1. The van der Waals surface area contributed by atoms with Crippen LogP contribution in [0.25, 0.3) is 0 Å². The number of halogens is 1. The molecule has 0 spiro atoms. The van der Waals surface area contributed by atoms with Crippen molar-refractivity contribution >= 4 is 26.3 Å². The lowest BCUT2D eigenvalue weighted by Crippen LogP contribution is -2.25. The van der Waals surface area contributed by atoms with E-state index in [1.807, 2.05) is 12.1 Å². The first-order valence-corrected chi connectivity index (χ1v) is 13.4. The third-order valence-electron chi connectivity index (χ3n) is 4.66. The van der Waals surface area contributed by atoms with Crippen molar-refractivity contribution in [3.63, 3.8) is 0 Å². The highest BCUT2D eigenvalue weighted by Crippen LogP contribution is 2.28. The molecule has 1 heterocycles. The number of rotatable bonds is 11. The summed E-state index contributed by atoms with van der Waals surface area (Å²) in [6, 6.07) is 8.08. The fraction of sp³-hybridized carbons (Fsp3) is 0.571. The summed E-state index contributed by atoms with van der Waals surface area (Å²) < 4.78 is 8.80. The molecule has 2 aromatic rings. The highest BCUT2D eigenvalue weighted by Gasteiger charge is 2.24. The Hall–Kier alpha value is -1.30. The number of hydrogen-bond acceptors (Lipinski definition) is 3. The molecular weight excluding hydrogens is 374 g/mol. The molecular formula is C21H34ClN3OSi. The zero-order valence-corrected chi connectivity index (χ0v) is 19.1. The van der Waals surface area contributed by atoms with Crippen molar-refractivity contribution in [1.29, 1.82) is 0 Å². The van der Waals surface area contributed by atoms with Crippen molar-refractivity contribution in [2.24, 2.45) is 0 Å². The van der Waals surface area contributed by atoms with E-state index >= 15 is 0 Å². The minimum atomic E-state index is -1.25. The van der Waals surface area contributed by atoms with Gasteiger partial charge in [-0.2, -0.15) is 0 Å². The van der Waals surface area contributed by atoms with Crippen LogP contribution in [0.5, 0.6) is 0 Å². The maximum Gasteiger partial charge on any atom is 0.173 e. The Labute approximate surface area is 170 Å². The lowest BCUT2D eigenvalue weighted by atomic mass is 10.1. The molecule has 2 rings (SSSR count). The first kappa shape index (κ1) is 22.0. The first-order chi connectivity index (χ1) is 13.0. The van der Waals surface area contributed by atoms with Crippen molar-refractivity contribution in [3.05, 3.63) is 46.5 Å². The lowest BCUT2D eigenvalue weighted by Gasteiger charge is -2.26. The monoisotopic (exact) mass is 407 g/mol. The summed E-state index contributed by atoms with van der Waals surface area (Å²) in [5, 5.41) is 0.644. The van der Waals surface area contributed by atoms with Gasteiger partial charge in [-0.05, 0) is 50.1 Å². The van der Waals surface area contributed by atoms with E-state index in [9.17, 15) is 0 Å². The molecule has 1 atom stereocenters. The summed E-state index contributed by atoms with van der Waals surface area (Å²) >= 11 is 6.58. The second kappa shape index (κ2) is 10.9. The molecule has 1 unspecified atom stereocenters. The summed E-state index contributed by atoms with van der Waals surface area (Å²) in [5.74, 6) is 1.06. The fourth-order valence-corrected chi connectivity index (χ4v) is 4.41. The van der Waals surface area contributed by atoms with E-state index in [0.29, 0.717) is 5.15 Å². The highest BCUT2D eigenvalue weighted by molar-refractivity contribution is 6.48. The molecule has 27 heavy (non-hydrogen) atoms. The second-order valence-corrected chi connectivity index (χ2v) is 10.2. The van der Waals surface area contributed by atoms with Gasteiger partial charge in [-0.25, -0.2) is 4.98 Å². The quantitative estimate of drug-likeness (QED) is 0.392. The molecule has 0 radical (unpaired) electrons. The van der Waals surface area contributed by atoms with Gasteiger partial charge in [0.1, 0.15) is 12.1 Å². The molecule has 4 nitrogen and oxygen atoms in total. The summed E-state index contributed by atoms with van der Waals surface area (Å²) in [6.45, 7) is 8.84. The van der Waals surface area contributed by atoms with Crippen molar-refractivity contribution in [2.75, 3.05) is 5.73 Å². The number of benzene rings is 1. The van der Waals surface area contributed by atoms with Crippen LogP contribution >= 0.6 is 11.6 Å². The van der Waals surface area contributed by atoms with Crippen LogP contribution in [0.4, 0.5) is 5.69 Å². The van der Waals surface area contributed by atoms with Gasteiger partial charge in [0.05, 0.1) is 5.69 Å². The molecule has 0 aliphatic rings. The number of nitrogens with zero attached hydrogens (tertiary/aromatic N) is 2. The Morgan fingerprint density at radius 2 is 1.74 bits per heavy atom. The minimum Gasteiger partial charge on any atom is -0.400 e. The van der Waals surface area contributed by atoms with Crippen molar-refractivity contribution in [2.45, 2.75) is 78.1 Å². The van der Waals surface area contributed by atoms with Gasteiger partial charge in [-0.15, -0.1) is 0 Å². The van der Waals surface area contributed by atoms with Gasteiger partial charge >= 0.3 is 0 Å². The van der Waals surface area contributed by atoms with Crippen molar-refractivity contribution < 1.29 is 4.43 Å². The van der Waals surface area contributed by atoms with Gasteiger partial charge in [0.25, 0.3) is 0 Å². The first-order valence-electron chi connectivity index (χ1n) is 10.2. The molecule has 6 heteroatoms. The summed E-state index contributed by atoms with van der Waals surface area (Å²) in [7, 11) is -1.25. The molecule has 0 saturated carbocycles. The maximum atomic E-state index is 6.58. The summed E-state index contributed by atoms with van der Waals surface area (Å²) in [5.41, 5.74) is 8.98. The average molecular weight is 408 g/mol. The maximum absolute atomic E-state index is 6.58. The second-order valence-electron chi connectivity index (χ2n) is 7.43. The van der Waals surface area contributed by atoms with Crippen LogP contribution in [0.15, 0.2) is 24.3 Å². The number of hydrogen-bond donors (Lipinski definition) is 1. The number of nitrogens with two attached hydrogens (primary N) is 1. The fourth-order valence-electron chi connectivity index (χ4n) is 3.28. The average Bonchev–Trinajstić information content (AvgIpc) is 2.94. The Balaban J connectivity index is 2.42. The Bertz CT molecular complexity index is 700. The minimum absolute atomic E-state index is 0.0565. The third-order valence-corrected chi connectivity index (χ3v) is 5.82. The molecule has 2 N–H and O–H groups in total. The zero-order valence-electron chi connectivity index (χ0n) is 17.2. The van der Waals surface area contributed by atoms with Crippen LogP contribution in [0, 0.1) is 0 Å². The van der Waals surface area contributed by atoms with E-state index in [-0.39, 0.29) is 6.23 Å². The van der Waals surface area contributed by atoms with Gasteiger partial charge < -0.3 is 14.7 Å². The number of nitrogen functional groups attached to an aromatic ring is 1. The van der Waals surface area contributed by atoms with Crippen molar-refractivity contribution in [3.8, 4) is 0 Å². The van der Waals surface area contributed by atoms with Crippen LogP contribution in [0.2, 0.25) is 18.2 Å². The summed E-state index contributed by atoms with van der Waals surface area (Å²) in [6.07, 6.45) is 7.10. The number of aromatic nitrogens is 2. The molecule has 0 aliphatic heterocycles.